The van der Waals surface area contributed by atoms with Gasteiger partial charge in [-0.05, 0) is 116 Å². The minimum absolute atomic E-state index is 0.0858. The van der Waals surface area contributed by atoms with Gasteiger partial charge in [-0.3, -0.25) is 14.4 Å². The number of rotatable bonds is 62. The molecule has 0 aliphatic heterocycles. The van der Waals surface area contributed by atoms with Crippen LogP contribution in [0.1, 0.15) is 316 Å². The highest BCUT2D eigenvalue weighted by Crippen LogP contribution is 2.17. The summed E-state index contributed by atoms with van der Waals surface area (Å²) in [5, 5.41) is 0. The van der Waals surface area contributed by atoms with E-state index in [4.69, 9.17) is 14.2 Å². The number of allylic oxidation sites excluding steroid dienone is 22. The van der Waals surface area contributed by atoms with Crippen LogP contribution in [0.5, 0.6) is 0 Å². The van der Waals surface area contributed by atoms with Crippen molar-refractivity contribution in [2.75, 3.05) is 13.2 Å². The molecule has 0 heterocycles. The number of hydrogen-bond donors (Lipinski definition) is 0. The lowest BCUT2D eigenvalue weighted by Crippen LogP contribution is -2.30. The highest BCUT2D eigenvalue weighted by molar-refractivity contribution is 5.71. The van der Waals surface area contributed by atoms with Crippen molar-refractivity contribution in [2.24, 2.45) is 0 Å². The normalized spacial score (nSPS) is 13.0. The summed E-state index contributed by atoms with van der Waals surface area (Å²) >= 11 is 0. The molecule has 83 heavy (non-hydrogen) atoms. The fourth-order valence-corrected chi connectivity index (χ4v) is 9.53. The van der Waals surface area contributed by atoms with Gasteiger partial charge in [0.1, 0.15) is 13.2 Å². The quantitative estimate of drug-likeness (QED) is 0.0261. The maximum atomic E-state index is 12.9. The van der Waals surface area contributed by atoms with Crippen LogP contribution >= 0.6 is 0 Å². The van der Waals surface area contributed by atoms with Gasteiger partial charge in [0.15, 0.2) is 6.10 Å². The molecule has 0 aromatic rings. The fourth-order valence-electron chi connectivity index (χ4n) is 9.53. The van der Waals surface area contributed by atoms with Crippen LogP contribution in [0.15, 0.2) is 134 Å². The van der Waals surface area contributed by atoms with E-state index in [1.54, 1.807) is 0 Å². The van der Waals surface area contributed by atoms with Crippen molar-refractivity contribution in [1.29, 1.82) is 0 Å². The lowest BCUT2D eigenvalue weighted by Gasteiger charge is -2.18. The SMILES string of the molecule is CC/C=C\C/C=C\C/C=C\C/C=C\C/C=C\C/C=C\C/C=C\CCCCCCCC(=O)OC(COC(=O)CCCCCCCCC)COC(=O)CCCCCCCCCCCCCCCCCCCC/C=C\C/C=C\C/C=C\C/C=C\CC. The monoisotopic (exact) mass is 1150 g/mol. The van der Waals surface area contributed by atoms with Gasteiger partial charge in [-0.15, -0.1) is 0 Å². The minimum Gasteiger partial charge on any atom is -0.462 e. The summed E-state index contributed by atoms with van der Waals surface area (Å²) in [7, 11) is 0. The molecule has 0 saturated heterocycles. The zero-order chi connectivity index (χ0) is 59.9. The highest BCUT2D eigenvalue weighted by Gasteiger charge is 2.19. The van der Waals surface area contributed by atoms with Crippen LogP contribution < -0.4 is 0 Å². The van der Waals surface area contributed by atoms with E-state index < -0.39 is 6.10 Å². The average molecular weight is 1150 g/mol. The standard InChI is InChI=1S/C77H128O6/c1-4-7-10-13-16-18-20-22-24-26-28-30-32-34-36-37-38-39-41-42-44-46-48-50-52-54-56-58-61-64-67-70-76(79)82-73-74(72-81-75(78)69-66-63-60-15-12-9-6-3)83-77(80)71-68-65-62-59-57-55-53-51-49-47-45-43-40-35-33-31-29-27-25-23-21-19-17-14-11-8-5-2/h7-8,10-11,16-19,22-25,28-31,35,40,45,47,51,53,74H,4-6,9,12-15,20-21,26-27,32-34,36-39,41-44,46,48-50,52,54-73H2,1-3H3/b10-7-,11-8-,18-16-,19-17-,24-22-,25-23-,30-28-,31-29-,40-35-,47-45-,53-51-. The van der Waals surface area contributed by atoms with Gasteiger partial charge in [0.05, 0.1) is 0 Å². The lowest BCUT2D eigenvalue weighted by atomic mass is 10.0. The second-order valence-corrected chi connectivity index (χ2v) is 22.7. The summed E-state index contributed by atoms with van der Waals surface area (Å²) in [6.07, 6.45) is 99.3. The maximum absolute atomic E-state index is 12.9. The molecule has 0 aliphatic rings. The van der Waals surface area contributed by atoms with Gasteiger partial charge in [-0.25, -0.2) is 0 Å². The number of hydrogen-bond acceptors (Lipinski definition) is 6. The van der Waals surface area contributed by atoms with E-state index in [9.17, 15) is 14.4 Å². The van der Waals surface area contributed by atoms with Gasteiger partial charge in [-0.1, -0.05) is 315 Å². The van der Waals surface area contributed by atoms with Crippen LogP contribution in [0.25, 0.3) is 0 Å². The van der Waals surface area contributed by atoms with E-state index in [1.807, 2.05) is 0 Å². The first-order valence-corrected chi connectivity index (χ1v) is 34.7. The summed E-state index contributed by atoms with van der Waals surface area (Å²) in [4.78, 5) is 38.2. The van der Waals surface area contributed by atoms with Gasteiger partial charge in [0.25, 0.3) is 0 Å². The Balaban J connectivity index is 4.12. The minimum atomic E-state index is -0.789. The van der Waals surface area contributed by atoms with Crippen LogP contribution in [-0.2, 0) is 28.6 Å². The molecule has 0 amide bonds. The second kappa shape index (κ2) is 70.0. The van der Waals surface area contributed by atoms with Gasteiger partial charge in [0, 0.05) is 19.3 Å². The second-order valence-electron chi connectivity index (χ2n) is 22.7. The van der Waals surface area contributed by atoms with Crippen molar-refractivity contribution in [3.8, 4) is 0 Å². The summed E-state index contributed by atoms with van der Waals surface area (Å²) < 4.78 is 16.9. The van der Waals surface area contributed by atoms with E-state index in [0.29, 0.717) is 19.3 Å². The summed E-state index contributed by atoms with van der Waals surface area (Å²) in [6.45, 7) is 6.37. The van der Waals surface area contributed by atoms with Crippen LogP contribution in [0.2, 0.25) is 0 Å². The predicted octanol–water partition coefficient (Wildman–Crippen LogP) is 24.1. The van der Waals surface area contributed by atoms with Crippen LogP contribution in [0, 0.1) is 0 Å². The van der Waals surface area contributed by atoms with Crippen molar-refractivity contribution in [2.45, 2.75) is 322 Å². The molecule has 6 nitrogen and oxygen atoms in total. The third-order valence-electron chi connectivity index (χ3n) is 14.7. The lowest BCUT2D eigenvalue weighted by molar-refractivity contribution is -0.167. The van der Waals surface area contributed by atoms with E-state index >= 15 is 0 Å². The molecule has 0 bridgehead atoms. The third-order valence-corrected chi connectivity index (χ3v) is 14.7. The van der Waals surface area contributed by atoms with E-state index in [0.717, 1.165) is 148 Å². The smallest absolute Gasteiger partial charge is 0.306 e. The molecule has 0 aromatic carbocycles. The molecule has 0 N–H and O–H groups in total. The van der Waals surface area contributed by atoms with E-state index in [2.05, 4.69) is 154 Å². The van der Waals surface area contributed by atoms with Crippen LogP contribution in [-0.4, -0.2) is 37.2 Å². The highest BCUT2D eigenvalue weighted by atomic mass is 16.6. The molecule has 472 valence electrons. The third kappa shape index (κ3) is 68.2. The first-order chi connectivity index (χ1) is 41.0. The zero-order valence-electron chi connectivity index (χ0n) is 54.2. The Kier molecular flexibility index (Phi) is 66.3. The van der Waals surface area contributed by atoms with Crippen molar-refractivity contribution in [3.05, 3.63) is 134 Å². The molecule has 0 radical (unpaired) electrons. The van der Waals surface area contributed by atoms with E-state index in [1.165, 1.54) is 128 Å². The topological polar surface area (TPSA) is 78.9 Å². The van der Waals surface area contributed by atoms with Gasteiger partial charge >= 0.3 is 17.9 Å². The molecule has 6 heteroatoms. The number of esters is 3. The molecule has 0 saturated carbocycles. The predicted molar refractivity (Wildman–Crippen MR) is 362 cm³/mol. The van der Waals surface area contributed by atoms with Crippen molar-refractivity contribution in [1.82, 2.24) is 0 Å². The first-order valence-electron chi connectivity index (χ1n) is 34.7. The van der Waals surface area contributed by atoms with E-state index in [-0.39, 0.29) is 31.1 Å². The largest absolute Gasteiger partial charge is 0.462 e. The number of ether oxygens (including phenoxy) is 3. The van der Waals surface area contributed by atoms with Gasteiger partial charge < -0.3 is 14.2 Å². The Morgan fingerprint density at radius 3 is 0.735 bits per heavy atom. The van der Waals surface area contributed by atoms with Crippen molar-refractivity contribution in [3.63, 3.8) is 0 Å². The Morgan fingerprint density at radius 1 is 0.253 bits per heavy atom. The van der Waals surface area contributed by atoms with Gasteiger partial charge in [-0.2, -0.15) is 0 Å². The average Bonchev–Trinajstić information content (AvgIpc) is 3.49. The fraction of sp³-hybridized carbons (Fsp3) is 0.675. The maximum Gasteiger partial charge on any atom is 0.306 e. The van der Waals surface area contributed by atoms with Crippen LogP contribution in [0.4, 0.5) is 0 Å². The number of carbonyl (C=O) groups is 3. The Hall–Kier alpha value is -4.45. The molecule has 1 atom stereocenters. The Morgan fingerprint density at radius 2 is 0.470 bits per heavy atom. The Labute approximate surface area is 513 Å². The van der Waals surface area contributed by atoms with Crippen molar-refractivity contribution >= 4 is 17.9 Å². The van der Waals surface area contributed by atoms with Crippen LogP contribution in [0.3, 0.4) is 0 Å². The summed E-state index contributed by atoms with van der Waals surface area (Å²) in [5.74, 6) is -0.904. The molecule has 1 unspecified atom stereocenters. The molecule has 0 spiro atoms. The molecular weight excluding hydrogens is 1020 g/mol. The summed E-state index contributed by atoms with van der Waals surface area (Å²) in [6, 6.07) is 0. The number of unbranched alkanes of at least 4 members (excludes halogenated alkanes) is 29. The molecule has 0 aromatic heterocycles. The number of carbonyl (C=O) groups excluding carboxylic acids is 3. The van der Waals surface area contributed by atoms with Crippen molar-refractivity contribution < 1.29 is 28.6 Å². The molecule has 0 rings (SSSR count). The summed E-state index contributed by atoms with van der Waals surface area (Å²) in [5.41, 5.74) is 0. The Bertz CT molecular complexity index is 1750. The first kappa shape index (κ1) is 78.5. The van der Waals surface area contributed by atoms with Gasteiger partial charge in [0.2, 0.25) is 0 Å². The molecule has 0 fully saturated rings. The zero-order valence-corrected chi connectivity index (χ0v) is 54.2. The molecular formula is C77H128O6. The molecule has 0 aliphatic carbocycles.